The Labute approximate surface area is 178 Å². The standard InChI is InChI=1S/C23H25NO7/c1-11-8-13(14-3-2-12-6-7-24-23(30)16(12)9-14)4-5-15(11)18(26)22-21(29)20(28)19(27)17(10-25)31-22/h2-9,17-22,25-29H,10H2,1H3,(H,24,30)/t17?,18-,19-,20+,21?,22-/m1/s1. The van der Waals surface area contributed by atoms with E-state index in [4.69, 9.17) is 4.74 Å². The molecule has 1 aliphatic rings. The molecule has 0 aliphatic carbocycles. The zero-order chi connectivity index (χ0) is 22.3. The molecule has 8 heteroatoms. The van der Waals surface area contributed by atoms with Crippen LogP contribution in [0.4, 0.5) is 0 Å². The van der Waals surface area contributed by atoms with Gasteiger partial charge in [0.15, 0.2) is 0 Å². The predicted molar refractivity (Wildman–Crippen MR) is 113 cm³/mol. The van der Waals surface area contributed by atoms with E-state index in [0.717, 1.165) is 16.5 Å². The molecule has 0 amide bonds. The van der Waals surface area contributed by atoms with Gasteiger partial charge in [-0.2, -0.15) is 0 Å². The Kier molecular flexibility index (Phi) is 5.94. The van der Waals surface area contributed by atoms with Gasteiger partial charge in [0, 0.05) is 11.6 Å². The number of rotatable bonds is 4. The molecule has 2 aromatic carbocycles. The lowest BCUT2D eigenvalue weighted by Gasteiger charge is -2.42. The van der Waals surface area contributed by atoms with E-state index in [0.29, 0.717) is 16.5 Å². The number of ether oxygens (including phenoxy) is 1. The highest BCUT2D eigenvalue weighted by Gasteiger charge is 2.46. The number of aryl methyl sites for hydroxylation is 1. The number of aliphatic hydroxyl groups is 5. The van der Waals surface area contributed by atoms with Crippen LogP contribution >= 0.6 is 0 Å². The Balaban J connectivity index is 1.64. The summed E-state index contributed by atoms with van der Waals surface area (Å²) in [6.45, 7) is 1.23. The van der Waals surface area contributed by atoms with Crippen LogP contribution in [-0.4, -0.2) is 67.6 Å². The van der Waals surface area contributed by atoms with Crippen LogP contribution in [0.2, 0.25) is 0 Å². The molecule has 0 radical (unpaired) electrons. The van der Waals surface area contributed by atoms with E-state index in [1.165, 1.54) is 0 Å². The van der Waals surface area contributed by atoms with Crippen molar-refractivity contribution in [2.45, 2.75) is 43.5 Å². The first-order valence-corrected chi connectivity index (χ1v) is 10.0. The van der Waals surface area contributed by atoms with Gasteiger partial charge in [0.1, 0.15) is 36.6 Å². The van der Waals surface area contributed by atoms with Crippen molar-refractivity contribution < 1.29 is 30.3 Å². The Bertz CT molecular complexity index is 1140. The molecule has 8 nitrogen and oxygen atoms in total. The number of fused-ring (bicyclic) bond motifs is 1. The molecule has 31 heavy (non-hydrogen) atoms. The quantitative estimate of drug-likeness (QED) is 0.353. The Morgan fingerprint density at radius 3 is 2.42 bits per heavy atom. The maximum atomic E-state index is 12.1. The minimum absolute atomic E-state index is 0.175. The molecule has 0 spiro atoms. The molecule has 6 N–H and O–H groups in total. The number of hydrogen-bond donors (Lipinski definition) is 6. The number of benzene rings is 2. The third-order valence-corrected chi connectivity index (χ3v) is 5.94. The van der Waals surface area contributed by atoms with Crippen molar-refractivity contribution in [1.29, 1.82) is 0 Å². The highest BCUT2D eigenvalue weighted by atomic mass is 16.6. The van der Waals surface area contributed by atoms with Crippen molar-refractivity contribution in [3.63, 3.8) is 0 Å². The number of aromatic nitrogens is 1. The van der Waals surface area contributed by atoms with Gasteiger partial charge in [0.2, 0.25) is 0 Å². The van der Waals surface area contributed by atoms with Gasteiger partial charge in [-0.05, 0) is 46.7 Å². The molecule has 2 heterocycles. The summed E-state index contributed by atoms with van der Waals surface area (Å²) in [4.78, 5) is 14.8. The lowest BCUT2D eigenvalue weighted by molar-refractivity contribution is -0.250. The number of pyridine rings is 1. The number of aromatic amines is 1. The monoisotopic (exact) mass is 427 g/mol. The van der Waals surface area contributed by atoms with Crippen LogP contribution in [0.25, 0.3) is 21.9 Å². The highest BCUT2D eigenvalue weighted by Crippen LogP contribution is 2.33. The van der Waals surface area contributed by atoms with Crippen molar-refractivity contribution in [3.8, 4) is 11.1 Å². The second-order valence-corrected chi connectivity index (χ2v) is 7.92. The van der Waals surface area contributed by atoms with E-state index >= 15 is 0 Å². The van der Waals surface area contributed by atoms with Crippen LogP contribution in [0.15, 0.2) is 53.5 Å². The summed E-state index contributed by atoms with van der Waals surface area (Å²) >= 11 is 0. The number of H-pyrrole nitrogens is 1. The third-order valence-electron chi connectivity index (χ3n) is 5.94. The largest absolute Gasteiger partial charge is 0.394 e. The molecular formula is C23H25NO7. The van der Waals surface area contributed by atoms with E-state index in [2.05, 4.69) is 4.98 Å². The first kappa shape index (κ1) is 21.6. The lowest BCUT2D eigenvalue weighted by Crippen LogP contribution is -2.59. The van der Waals surface area contributed by atoms with Crippen molar-refractivity contribution in [2.24, 2.45) is 0 Å². The molecule has 6 atom stereocenters. The smallest absolute Gasteiger partial charge is 0.255 e. The molecule has 4 rings (SSSR count). The fourth-order valence-corrected chi connectivity index (χ4v) is 4.12. The second-order valence-electron chi connectivity index (χ2n) is 7.92. The fraction of sp³-hybridized carbons (Fsp3) is 0.348. The molecule has 164 valence electrons. The molecule has 1 aromatic heterocycles. The van der Waals surface area contributed by atoms with Gasteiger partial charge in [-0.15, -0.1) is 0 Å². The summed E-state index contributed by atoms with van der Waals surface area (Å²) < 4.78 is 5.48. The zero-order valence-electron chi connectivity index (χ0n) is 16.8. The summed E-state index contributed by atoms with van der Waals surface area (Å²) in [6, 6.07) is 12.7. The maximum absolute atomic E-state index is 12.1. The van der Waals surface area contributed by atoms with Crippen LogP contribution in [0, 0.1) is 6.92 Å². The van der Waals surface area contributed by atoms with Crippen LogP contribution in [0.5, 0.6) is 0 Å². The Morgan fingerprint density at radius 2 is 1.71 bits per heavy atom. The molecule has 1 aliphatic heterocycles. The van der Waals surface area contributed by atoms with E-state index in [-0.39, 0.29) is 5.56 Å². The average Bonchev–Trinajstić information content (AvgIpc) is 2.77. The predicted octanol–water partition coefficient (Wildman–Crippen LogP) is 0.379. The van der Waals surface area contributed by atoms with Crippen molar-refractivity contribution >= 4 is 10.8 Å². The molecule has 3 aromatic rings. The SMILES string of the molecule is Cc1cc(-c2ccc3cc[nH]c(=O)c3c2)ccc1[C@@H](O)[C@H]1OC(CO)[C@@H](O)[C@H](O)C1O. The van der Waals surface area contributed by atoms with E-state index in [9.17, 15) is 30.3 Å². The van der Waals surface area contributed by atoms with Gasteiger partial charge in [-0.3, -0.25) is 4.79 Å². The summed E-state index contributed by atoms with van der Waals surface area (Å²) in [6.07, 6.45) is -6.57. The van der Waals surface area contributed by atoms with Crippen LogP contribution in [0.1, 0.15) is 17.2 Å². The van der Waals surface area contributed by atoms with Gasteiger partial charge < -0.3 is 35.3 Å². The molecule has 0 saturated carbocycles. The molecular weight excluding hydrogens is 402 g/mol. The van der Waals surface area contributed by atoms with Gasteiger partial charge in [-0.1, -0.05) is 30.3 Å². The topological polar surface area (TPSA) is 143 Å². The maximum Gasteiger partial charge on any atom is 0.255 e. The minimum Gasteiger partial charge on any atom is -0.394 e. The number of aliphatic hydroxyl groups excluding tert-OH is 5. The van der Waals surface area contributed by atoms with E-state index < -0.39 is 43.2 Å². The second kappa shape index (κ2) is 8.51. The van der Waals surface area contributed by atoms with Crippen LogP contribution < -0.4 is 5.56 Å². The van der Waals surface area contributed by atoms with Crippen molar-refractivity contribution in [3.05, 3.63) is 70.1 Å². The molecule has 2 unspecified atom stereocenters. The number of nitrogens with one attached hydrogen (secondary N) is 1. The van der Waals surface area contributed by atoms with Crippen molar-refractivity contribution in [1.82, 2.24) is 4.98 Å². The molecule has 1 saturated heterocycles. The summed E-state index contributed by atoms with van der Waals surface area (Å²) in [5.41, 5.74) is 2.69. The zero-order valence-corrected chi connectivity index (χ0v) is 16.8. The van der Waals surface area contributed by atoms with E-state index in [1.807, 2.05) is 24.3 Å². The Hall–Kier alpha value is -2.59. The molecule has 1 fully saturated rings. The number of hydrogen-bond acceptors (Lipinski definition) is 7. The summed E-state index contributed by atoms with van der Waals surface area (Å²) in [7, 11) is 0. The first-order chi connectivity index (χ1) is 14.8. The highest BCUT2D eigenvalue weighted by molar-refractivity contribution is 5.86. The van der Waals surface area contributed by atoms with Gasteiger partial charge in [0.25, 0.3) is 5.56 Å². The first-order valence-electron chi connectivity index (χ1n) is 10.0. The summed E-state index contributed by atoms with van der Waals surface area (Å²) in [5.74, 6) is 0. The van der Waals surface area contributed by atoms with Gasteiger partial charge in [-0.25, -0.2) is 0 Å². The summed E-state index contributed by atoms with van der Waals surface area (Å²) in [5, 5.41) is 51.9. The normalized spacial score (nSPS) is 27.4. The van der Waals surface area contributed by atoms with Crippen LogP contribution in [0.3, 0.4) is 0 Å². The fourth-order valence-electron chi connectivity index (χ4n) is 4.12. The lowest BCUT2D eigenvalue weighted by atomic mass is 9.87. The van der Waals surface area contributed by atoms with E-state index in [1.54, 1.807) is 31.3 Å². The van der Waals surface area contributed by atoms with Crippen LogP contribution in [-0.2, 0) is 4.74 Å². The van der Waals surface area contributed by atoms with Gasteiger partial charge >= 0.3 is 0 Å². The molecule has 0 bridgehead atoms. The third kappa shape index (κ3) is 3.89. The Morgan fingerprint density at radius 1 is 1.00 bits per heavy atom. The van der Waals surface area contributed by atoms with Crippen molar-refractivity contribution in [2.75, 3.05) is 6.61 Å². The average molecular weight is 427 g/mol. The minimum atomic E-state index is -1.55. The van der Waals surface area contributed by atoms with Gasteiger partial charge in [0.05, 0.1) is 6.61 Å².